The van der Waals surface area contributed by atoms with Crippen LogP contribution >= 0.6 is 11.3 Å². The van der Waals surface area contributed by atoms with Crippen LogP contribution in [0.3, 0.4) is 0 Å². The number of methoxy groups -OCH3 is 1. The van der Waals surface area contributed by atoms with Crippen molar-refractivity contribution in [2.45, 2.75) is 0 Å². The molecule has 1 saturated heterocycles. The lowest BCUT2D eigenvalue weighted by Gasteiger charge is -2.36. The van der Waals surface area contributed by atoms with Crippen LogP contribution in [0.1, 0.15) is 0 Å². The van der Waals surface area contributed by atoms with E-state index in [1.165, 1.54) is 0 Å². The summed E-state index contributed by atoms with van der Waals surface area (Å²) < 4.78 is 5.11. The monoisotopic (exact) mass is 327 g/mol. The van der Waals surface area contributed by atoms with Gasteiger partial charge in [0.25, 0.3) is 0 Å². The number of pyridine rings is 1. The maximum Gasteiger partial charge on any atom is 0.213 e. The van der Waals surface area contributed by atoms with Crippen molar-refractivity contribution in [2.75, 3.05) is 43.1 Å². The minimum atomic E-state index is 0.647. The molecule has 0 N–H and O–H groups in total. The van der Waals surface area contributed by atoms with E-state index in [-0.39, 0.29) is 0 Å². The normalized spacial score (nSPS) is 15.2. The molecule has 0 atom stereocenters. The van der Waals surface area contributed by atoms with Crippen molar-refractivity contribution in [3.63, 3.8) is 0 Å². The van der Waals surface area contributed by atoms with E-state index in [4.69, 9.17) is 4.74 Å². The molecule has 1 aliphatic heterocycles. The van der Waals surface area contributed by atoms with Crippen LogP contribution in [0.2, 0.25) is 0 Å². The van der Waals surface area contributed by atoms with Crippen LogP contribution < -0.4 is 14.5 Å². The van der Waals surface area contributed by atoms with Crippen molar-refractivity contribution in [1.82, 2.24) is 15.0 Å². The number of rotatable bonds is 3. The maximum absolute atomic E-state index is 5.11. The number of ether oxygens (including phenoxy) is 1. The standard InChI is InChI=1S/C16H17N5OS/c1-22-14-3-2-12(10-17-14)20-5-7-21(8-6-20)15-13-4-9-23-16(13)19-11-18-15/h2-4,9-11H,5-8H2,1H3. The van der Waals surface area contributed by atoms with E-state index < -0.39 is 0 Å². The summed E-state index contributed by atoms with van der Waals surface area (Å²) in [4.78, 5) is 18.8. The first-order valence-electron chi connectivity index (χ1n) is 7.53. The summed E-state index contributed by atoms with van der Waals surface area (Å²) in [6, 6.07) is 6.07. The third kappa shape index (κ3) is 2.68. The Morgan fingerprint density at radius 1 is 1.00 bits per heavy atom. The van der Waals surface area contributed by atoms with Gasteiger partial charge in [0.05, 0.1) is 24.4 Å². The number of aromatic nitrogens is 3. The van der Waals surface area contributed by atoms with Gasteiger partial charge in [0.15, 0.2) is 0 Å². The summed E-state index contributed by atoms with van der Waals surface area (Å²) in [5.74, 6) is 1.69. The smallest absolute Gasteiger partial charge is 0.213 e. The zero-order chi connectivity index (χ0) is 15.6. The van der Waals surface area contributed by atoms with Crippen molar-refractivity contribution >= 4 is 33.1 Å². The number of nitrogens with zero attached hydrogens (tertiary/aromatic N) is 5. The van der Waals surface area contributed by atoms with Crippen LogP contribution in [-0.4, -0.2) is 48.2 Å². The van der Waals surface area contributed by atoms with Gasteiger partial charge in [-0.15, -0.1) is 11.3 Å². The van der Waals surface area contributed by atoms with Gasteiger partial charge in [0.2, 0.25) is 5.88 Å². The van der Waals surface area contributed by atoms with E-state index in [9.17, 15) is 0 Å². The van der Waals surface area contributed by atoms with Crippen molar-refractivity contribution < 1.29 is 4.74 Å². The molecule has 4 rings (SSSR count). The first kappa shape index (κ1) is 14.2. The fourth-order valence-corrected chi connectivity index (χ4v) is 3.61. The molecule has 0 bridgehead atoms. The number of fused-ring (bicyclic) bond motifs is 1. The predicted molar refractivity (Wildman–Crippen MR) is 92.6 cm³/mol. The average Bonchev–Trinajstić information content (AvgIpc) is 3.11. The lowest BCUT2D eigenvalue weighted by Crippen LogP contribution is -2.46. The molecule has 0 spiro atoms. The lowest BCUT2D eigenvalue weighted by atomic mass is 10.2. The third-order valence-corrected chi connectivity index (χ3v) is 4.94. The minimum absolute atomic E-state index is 0.647. The average molecular weight is 327 g/mol. The molecule has 0 aliphatic carbocycles. The largest absolute Gasteiger partial charge is 0.481 e. The van der Waals surface area contributed by atoms with Crippen molar-refractivity contribution in [2.24, 2.45) is 0 Å². The fraction of sp³-hybridized carbons (Fsp3) is 0.312. The van der Waals surface area contributed by atoms with Crippen LogP contribution in [0.4, 0.5) is 11.5 Å². The summed E-state index contributed by atoms with van der Waals surface area (Å²) in [5, 5.41) is 3.22. The van der Waals surface area contributed by atoms with Gasteiger partial charge in [0, 0.05) is 32.2 Å². The SMILES string of the molecule is COc1ccc(N2CCN(c3ncnc4sccc34)CC2)cn1. The molecule has 4 heterocycles. The van der Waals surface area contributed by atoms with Gasteiger partial charge in [-0.2, -0.15) is 0 Å². The van der Waals surface area contributed by atoms with Gasteiger partial charge in [-0.3, -0.25) is 0 Å². The van der Waals surface area contributed by atoms with E-state index >= 15 is 0 Å². The highest BCUT2D eigenvalue weighted by atomic mass is 32.1. The molecule has 1 aliphatic rings. The second-order valence-electron chi connectivity index (χ2n) is 5.37. The highest BCUT2D eigenvalue weighted by Gasteiger charge is 2.20. The van der Waals surface area contributed by atoms with Crippen molar-refractivity contribution in [1.29, 1.82) is 0 Å². The Bertz CT molecular complexity index is 796. The molecule has 1 fully saturated rings. The summed E-state index contributed by atoms with van der Waals surface area (Å²) in [5.41, 5.74) is 1.13. The summed E-state index contributed by atoms with van der Waals surface area (Å²) in [6.45, 7) is 3.77. The zero-order valence-corrected chi connectivity index (χ0v) is 13.7. The first-order chi connectivity index (χ1) is 11.3. The molecule has 3 aromatic rings. The van der Waals surface area contributed by atoms with Crippen LogP contribution in [0.25, 0.3) is 10.2 Å². The van der Waals surface area contributed by atoms with Crippen molar-refractivity contribution in [3.8, 4) is 5.88 Å². The number of piperazine rings is 1. The summed E-state index contributed by atoms with van der Waals surface area (Å²) in [7, 11) is 1.63. The molecule has 0 radical (unpaired) electrons. The van der Waals surface area contributed by atoms with Gasteiger partial charge in [0.1, 0.15) is 17.0 Å². The fourth-order valence-electron chi connectivity index (χ4n) is 2.89. The number of hydrogen-bond acceptors (Lipinski definition) is 7. The molecular weight excluding hydrogens is 310 g/mol. The Morgan fingerprint density at radius 2 is 1.83 bits per heavy atom. The second-order valence-corrected chi connectivity index (χ2v) is 6.26. The topological polar surface area (TPSA) is 54.4 Å². The molecule has 23 heavy (non-hydrogen) atoms. The molecule has 3 aromatic heterocycles. The summed E-state index contributed by atoms with van der Waals surface area (Å²) in [6.07, 6.45) is 3.53. The Hall–Kier alpha value is -2.41. The molecular formula is C16H17N5OS. The van der Waals surface area contributed by atoms with Crippen LogP contribution in [0.15, 0.2) is 36.1 Å². The Labute approximate surface area is 138 Å². The molecule has 0 unspecified atom stereocenters. The number of hydrogen-bond donors (Lipinski definition) is 0. The maximum atomic E-state index is 5.11. The lowest BCUT2D eigenvalue weighted by molar-refractivity contribution is 0.398. The molecule has 6 nitrogen and oxygen atoms in total. The molecule has 0 amide bonds. The van der Waals surface area contributed by atoms with Gasteiger partial charge in [-0.05, 0) is 17.5 Å². The Kier molecular flexibility index (Phi) is 3.70. The third-order valence-electron chi connectivity index (χ3n) is 4.11. The Morgan fingerprint density at radius 3 is 2.57 bits per heavy atom. The van der Waals surface area contributed by atoms with E-state index in [1.54, 1.807) is 24.8 Å². The highest BCUT2D eigenvalue weighted by Crippen LogP contribution is 2.28. The van der Waals surface area contributed by atoms with E-state index in [2.05, 4.69) is 42.3 Å². The number of thiophene rings is 1. The number of anilines is 2. The predicted octanol–water partition coefficient (Wildman–Crippen LogP) is 2.42. The molecule has 0 saturated carbocycles. The van der Waals surface area contributed by atoms with Crippen LogP contribution in [0.5, 0.6) is 5.88 Å². The summed E-state index contributed by atoms with van der Waals surface area (Å²) >= 11 is 1.66. The van der Waals surface area contributed by atoms with E-state index in [1.807, 2.05) is 12.3 Å². The first-order valence-corrected chi connectivity index (χ1v) is 8.41. The quantitative estimate of drug-likeness (QED) is 0.736. The van der Waals surface area contributed by atoms with Crippen LogP contribution in [0, 0.1) is 0 Å². The molecule has 7 heteroatoms. The van der Waals surface area contributed by atoms with Crippen molar-refractivity contribution in [3.05, 3.63) is 36.1 Å². The minimum Gasteiger partial charge on any atom is -0.481 e. The molecule has 0 aromatic carbocycles. The zero-order valence-electron chi connectivity index (χ0n) is 12.8. The van der Waals surface area contributed by atoms with Gasteiger partial charge in [-0.1, -0.05) is 0 Å². The van der Waals surface area contributed by atoms with E-state index in [0.29, 0.717) is 5.88 Å². The van der Waals surface area contributed by atoms with Crippen LogP contribution in [-0.2, 0) is 0 Å². The highest BCUT2D eigenvalue weighted by molar-refractivity contribution is 7.16. The second kappa shape index (κ2) is 6.00. The van der Waals surface area contributed by atoms with Gasteiger partial charge < -0.3 is 14.5 Å². The Balaban J connectivity index is 1.49. The van der Waals surface area contributed by atoms with E-state index in [0.717, 1.165) is 47.9 Å². The molecule has 118 valence electrons. The van der Waals surface area contributed by atoms with Gasteiger partial charge >= 0.3 is 0 Å². The van der Waals surface area contributed by atoms with Gasteiger partial charge in [-0.25, -0.2) is 15.0 Å².